The summed E-state index contributed by atoms with van der Waals surface area (Å²) in [5, 5.41) is 9.88. The van der Waals surface area contributed by atoms with Gasteiger partial charge in [0.15, 0.2) is 5.16 Å². The van der Waals surface area contributed by atoms with E-state index in [2.05, 4.69) is 53.6 Å². The molecule has 4 aromatic rings. The van der Waals surface area contributed by atoms with E-state index in [9.17, 15) is 4.79 Å². The van der Waals surface area contributed by atoms with Crippen molar-refractivity contribution in [1.29, 1.82) is 0 Å². The van der Waals surface area contributed by atoms with Crippen LogP contribution < -0.4 is 5.56 Å². The summed E-state index contributed by atoms with van der Waals surface area (Å²) in [7, 11) is 0. The van der Waals surface area contributed by atoms with Gasteiger partial charge in [-0.05, 0) is 24.0 Å². The van der Waals surface area contributed by atoms with Crippen LogP contribution in [0.25, 0.3) is 17.0 Å². The van der Waals surface area contributed by atoms with Crippen LogP contribution in [0.15, 0.2) is 64.5 Å². The number of aromatic nitrogens is 4. The highest BCUT2D eigenvalue weighted by molar-refractivity contribution is 7.99. The lowest BCUT2D eigenvalue weighted by Gasteiger charge is -2.34. The van der Waals surface area contributed by atoms with Crippen molar-refractivity contribution in [1.82, 2.24) is 19.2 Å². The second-order valence-corrected chi connectivity index (χ2v) is 9.85. The van der Waals surface area contributed by atoms with Crippen LogP contribution in [0, 0.1) is 0 Å². The molecule has 0 spiro atoms. The average Bonchev–Trinajstić information content (AvgIpc) is 3.18. The Hall–Kier alpha value is -2.86. The number of fused-ring (bicyclic) bond motifs is 5. The molecule has 158 valence electrons. The molecular weight excluding hydrogens is 404 g/mol. The summed E-state index contributed by atoms with van der Waals surface area (Å²) in [5.74, 6) is 1.57. The van der Waals surface area contributed by atoms with Crippen LogP contribution >= 0.6 is 11.8 Å². The van der Waals surface area contributed by atoms with Crippen LogP contribution in [0.1, 0.15) is 43.9 Å². The first kappa shape index (κ1) is 20.1. The van der Waals surface area contributed by atoms with E-state index >= 15 is 0 Å². The van der Waals surface area contributed by atoms with E-state index in [0.717, 1.165) is 46.1 Å². The molecule has 2 aromatic heterocycles. The van der Waals surface area contributed by atoms with Crippen molar-refractivity contribution >= 4 is 17.5 Å². The van der Waals surface area contributed by atoms with E-state index < -0.39 is 0 Å². The number of hydrogen-bond donors (Lipinski definition) is 0. The van der Waals surface area contributed by atoms with Gasteiger partial charge in [-0.1, -0.05) is 87.1 Å². The van der Waals surface area contributed by atoms with Gasteiger partial charge in [0.25, 0.3) is 5.56 Å². The van der Waals surface area contributed by atoms with Crippen LogP contribution in [-0.4, -0.2) is 24.9 Å². The number of benzene rings is 2. The van der Waals surface area contributed by atoms with Crippen LogP contribution in [0.4, 0.5) is 0 Å². The van der Waals surface area contributed by atoms with Crippen molar-refractivity contribution in [2.24, 2.45) is 0 Å². The molecule has 0 amide bonds. The Kier molecular flexibility index (Phi) is 4.97. The highest BCUT2D eigenvalue weighted by Crippen LogP contribution is 2.42. The van der Waals surface area contributed by atoms with Gasteiger partial charge in [-0.3, -0.25) is 13.8 Å². The van der Waals surface area contributed by atoms with Crippen LogP contribution in [0.2, 0.25) is 0 Å². The zero-order chi connectivity index (χ0) is 21.6. The summed E-state index contributed by atoms with van der Waals surface area (Å²) in [6.45, 7) is 6.98. The lowest BCUT2D eigenvalue weighted by molar-refractivity contribution is 0.498. The molecule has 5 rings (SSSR count). The van der Waals surface area contributed by atoms with E-state index in [1.807, 2.05) is 36.4 Å². The molecule has 2 heterocycles. The normalized spacial score (nSPS) is 14.4. The quantitative estimate of drug-likeness (QED) is 0.421. The lowest BCUT2D eigenvalue weighted by atomic mass is 9.72. The molecule has 0 atom stereocenters. The molecule has 1 aliphatic carbocycles. The van der Waals surface area contributed by atoms with Crippen molar-refractivity contribution < 1.29 is 0 Å². The summed E-state index contributed by atoms with van der Waals surface area (Å²) in [5.41, 5.74) is 5.01. The largest absolute Gasteiger partial charge is 0.272 e. The van der Waals surface area contributed by atoms with Crippen molar-refractivity contribution in [3.8, 4) is 11.3 Å². The van der Waals surface area contributed by atoms with Gasteiger partial charge in [-0.2, -0.15) is 0 Å². The number of hydrogen-bond acceptors (Lipinski definition) is 4. The first-order chi connectivity index (χ1) is 15.0. The SMILES string of the molecule is CCCSc1nnc2n(Cc3ccccc3)c(=O)c3c(n12)-c1ccccc1CC3(C)C. The van der Waals surface area contributed by atoms with Gasteiger partial charge >= 0.3 is 0 Å². The molecular formula is C25H26N4OS. The summed E-state index contributed by atoms with van der Waals surface area (Å²) in [4.78, 5) is 14.0. The summed E-state index contributed by atoms with van der Waals surface area (Å²) in [6.07, 6.45) is 1.88. The molecule has 0 fully saturated rings. The Morgan fingerprint density at radius 2 is 1.77 bits per heavy atom. The Bertz CT molecular complexity index is 1320. The predicted molar refractivity (Wildman–Crippen MR) is 126 cm³/mol. The van der Waals surface area contributed by atoms with E-state index in [1.54, 1.807) is 16.3 Å². The van der Waals surface area contributed by atoms with Crippen LogP contribution in [-0.2, 0) is 18.4 Å². The summed E-state index contributed by atoms with van der Waals surface area (Å²) >= 11 is 1.70. The smallest absolute Gasteiger partial charge is 0.259 e. The van der Waals surface area contributed by atoms with E-state index in [4.69, 9.17) is 0 Å². The van der Waals surface area contributed by atoms with Crippen LogP contribution in [0.5, 0.6) is 0 Å². The van der Waals surface area contributed by atoms with Gasteiger partial charge in [-0.15, -0.1) is 10.2 Å². The summed E-state index contributed by atoms with van der Waals surface area (Å²) < 4.78 is 3.92. The number of thioether (sulfide) groups is 1. The van der Waals surface area contributed by atoms with Gasteiger partial charge in [-0.25, -0.2) is 0 Å². The second-order valence-electron chi connectivity index (χ2n) is 8.78. The summed E-state index contributed by atoms with van der Waals surface area (Å²) in [6, 6.07) is 18.5. The molecule has 6 heteroatoms. The molecule has 2 aromatic carbocycles. The van der Waals surface area contributed by atoms with Crippen LogP contribution in [0.3, 0.4) is 0 Å². The average molecular weight is 431 g/mol. The van der Waals surface area contributed by atoms with E-state index in [-0.39, 0.29) is 11.0 Å². The molecule has 0 unspecified atom stereocenters. The molecule has 0 N–H and O–H groups in total. The van der Waals surface area contributed by atoms with Gasteiger partial charge < -0.3 is 0 Å². The zero-order valence-corrected chi connectivity index (χ0v) is 18.9. The fraction of sp³-hybridized carbons (Fsp3) is 0.320. The molecule has 5 nitrogen and oxygen atoms in total. The molecule has 0 radical (unpaired) electrons. The van der Waals surface area contributed by atoms with Crippen molar-refractivity contribution in [2.45, 2.75) is 50.7 Å². The standard InChI is InChI=1S/C25H26N4OS/c1-4-14-31-24-27-26-23-28(16-17-10-6-5-7-11-17)22(30)20-21(29(23)24)19-13-9-8-12-18(19)15-25(20,2)3/h5-13H,4,14-16H2,1-3H3. The Morgan fingerprint density at radius 3 is 2.55 bits per heavy atom. The minimum Gasteiger partial charge on any atom is -0.272 e. The molecule has 0 saturated carbocycles. The maximum absolute atomic E-state index is 14.0. The third-order valence-corrected chi connectivity index (χ3v) is 7.11. The Morgan fingerprint density at radius 1 is 1.03 bits per heavy atom. The number of rotatable bonds is 5. The monoisotopic (exact) mass is 430 g/mol. The lowest BCUT2D eigenvalue weighted by Crippen LogP contribution is -2.39. The number of nitrogens with zero attached hydrogens (tertiary/aromatic N) is 4. The predicted octanol–water partition coefficient (Wildman–Crippen LogP) is 4.94. The maximum Gasteiger partial charge on any atom is 0.259 e. The van der Waals surface area contributed by atoms with E-state index in [0.29, 0.717) is 12.3 Å². The highest BCUT2D eigenvalue weighted by atomic mass is 32.2. The first-order valence-electron chi connectivity index (χ1n) is 10.8. The van der Waals surface area contributed by atoms with Crippen molar-refractivity contribution in [2.75, 3.05) is 5.75 Å². The minimum absolute atomic E-state index is 0.0327. The van der Waals surface area contributed by atoms with E-state index in [1.165, 1.54) is 5.56 Å². The molecule has 31 heavy (non-hydrogen) atoms. The van der Waals surface area contributed by atoms with Gasteiger partial charge in [0.05, 0.1) is 12.2 Å². The minimum atomic E-state index is -0.287. The fourth-order valence-corrected chi connectivity index (χ4v) is 5.39. The molecule has 0 bridgehead atoms. The molecule has 0 aliphatic heterocycles. The molecule has 1 aliphatic rings. The topological polar surface area (TPSA) is 52.2 Å². The van der Waals surface area contributed by atoms with Gasteiger partial charge in [0.2, 0.25) is 5.78 Å². The fourth-order valence-electron chi connectivity index (χ4n) is 4.60. The second kappa shape index (κ2) is 7.68. The zero-order valence-electron chi connectivity index (χ0n) is 18.1. The van der Waals surface area contributed by atoms with Crippen molar-refractivity contribution in [3.63, 3.8) is 0 Å². The Labute approximate surface area is 186 Å². The maximum atomic E-state index is 14.0. The van der Waals surface area contributed by atoms with Gasteiger partial charge in [0.1, 0.15) is 0 Å². The van der Waals surface area contributed by atoms with Gasteiger partial charge in [0, 0.05) is 22.3 Å². The van der Waals surface area contributed by atoms with Crippen molar-refractivity contribution in [3.05, 3.63) is 81.6 Å². The highest BCUT2D eigenvalue weighted by Gasteiger charge is 2.37. The molecule has 0 saturated heterocycles. The Balaban J connectivity index is 1.87. The third kappa shape index (κ3) is 3.30. The first-order valence-corrected chi connectivity index (χ1v) is 11.8. The third-order valence-electron chi connectivity index (χ3n) is 5.98.